The minimum Gasteiger partial charge on any atom is -0.396 e. The van der Waals surface area contributed by atoms with E-state index in [-0.39, 0.29) is 25.0 Å². The van der Waals surface area contributed by atoms with E-state index in [0.29, 0.717) is 12.3 Å². The van der Waals surface area contributed by atoms with Gasteiger partial charge in [-0.05, 0) is 19.3 Å². The molecule has 0 aliphatic carbocycles. The fourth-order valence-corrected chi connectivity index (χ4v) is 3.18. The van der Waals surface area contributed by atoms with Crippen molar-refractivity contribution in [1.29, 1.82) is 0 Å². The smallest absolute Gasteiger partial charge is 0.226 e. The number of hydrogen-bond acceptors (Lipinski definition) is 4. The minimum atomic E-state index is -0.0436. The van der Waals surface area contributed by atoms with Crippen LogP contribution in [0.5, 0.6) is 0 Å². The molecule has 5 heteroatoms. The van der Waals surface area contributed by atoms with Gasteiger partial charge in [0.2, 0.25) is 5.91 Å². The lowest BCUT2D eigenvalue weighted by Gasteiger charge is -2.21. The third kappa shape index (κ3) is 5.15. The van der Waals surface area contributed by atoms with Crippen LogP contribution < -0.4 is 5.32 Å². The molecule has 4 nitrogen and oxygen atoms in total. The molecular weight excluding hydrogens is 308 g/mol. The number of aliphatic hydroxyl groups is 1. The highest BCUT2D eigenvalue weighted by Crippen LogP contribution is 2.24. The fourth-order valence-electron chi connectivity index (χ4n) is 2.35. The summed E-state index contributed by atoms with van der Waals surface area (Å²) in [6.45, 7) is 6.22. The van der Waals surface area contributed by atoms with Gasteiger partial charge in [-0.25, -0.2) is 4.98 Å². The van der Waals surface area contributed by atoms with Crippen molar-refractivity contribution in [3.63, 3.8) is 0 Å². The van der Waals surface area contributed by atoms with E-state index in [4.69, 9.17) is 5.11 Å². The van der Waals surface area contributed by atoms with Crippen molar-refractivity contribution in [1.82, 2.24) is 10.3 Å². The number of aryl methyl sites for hydroxylation is 1. The number of carbonyl (C=O) groups is 1. The summed E-state index contributed by atoms with van der Waals surface area (Å²) in [7, 11) is 0. The molecule has 0 spiro atoms. The van der Waals surface area contributed by atoms with Gasteiger partial charge in [-0.15, -0.1) is 11.3 Å². The maximum Gasteiger partial charge on any atom is 0.226 e. The number of aliphatic hydroxyl groups excluding tert-OH is 1. The van der Waals surface area contributed by atoms with Crippen LogP contribution in [0, 0.1) is 12.8 Å². The van der Waals surface area contributed by atoms with Crippen molar-refractivity contribution in [2.24, 2.45) is 5.92 Å². The third-order valence-electron chi connectivity index (χ3n) is 3.78. The highest BCUT2D eigenvalue weighted by molar-refractivity contribution is 7.13. The standard InChI is InChI=1S/C18H24N2O2S/c1-12(2)16(8-9-21)20-17(22)10-15-11-23-18(19-15)14-6-4-13(3)5-7-14/h4-7,11-12,16,21H,8-10H2,1-3H3,(H,20,22). The van der Waals surface area contributed by atoms with Gasteiger partial charge in [0.1, 0.15) is 5.01 Å². The second-order valence-electron chi connectivity index (χ2n) is 6.12. The van der Waals surface area contributed by atoms with Crippen molar-refractivity contribution < 1.29 is 9.90 Å². The molecule has 2 rings (SSSR count). The maximum atomic E-state index is 12.2. The first-order chi connectivity index (χ1) is 11.0. The van der Waals surface area contributed by atoms with Gasteiger partial charge in [0.15, 0.2) is 0 Å². The van der Waals surface area contributed by atoms with E-state index in [9.17, 15) is 4.79 Å². The lowest BCUT2D eigenvalue weighted by Crippen LogP contribution is -2.40. The summed E-state index contributed by atoms with van der Waals surface area (Å²) in [5.74, 6) is 0.252. The van der Waals surface area contributed by atoms with Crippen LogP contribution in [0.25, 0.3) is 10.6 Å². The predicted molar refractivity (Wildman–Crippen MR) is 94.5 cm³/mol. The number of rotatable bonds is 7. The number of benzene rings is 1. The van der Waals surface area contributed by atoms with Crippen molar-refractivity contribution in [2.45, 2.75) is 39.7 Å². The Kier molecular flexibility index (Phi) is 6.30. The third-order valence-corrected chi connectivity index (χ3v) is 4.72. The number of nitrogens with one attached hydrogen (secondary N) is 1. The van der Waals surface area contributed by atoms with Crippen LogP contribution in [-0.4, -0.2) is 28.6 Å². The normalized spacial score (nSPS) is 12.4. The topological polar surface area (TPSA) is 62.2 Å². The lowest BCUT2D eigenvalue weighted by atomic mass is 10.0. The Morgan fingerprint density at radius 3 is 2.61 bits per heavy atom. The fraction of sp³-hybridized carbons (Fsp3) is 0.444. The van der Waals surface area contributed by atoms with Gasteiger partial charge in [-0.1, -0.05) is 43.7 Å². The summed E-state index contributed by atoms with van der Waals surface area (Å²) in [6.07, 6.45) is 0.853. The second-order valence-corrected chi connectivity index (χ2v) is 6.98. The molecule has 0 aliphatic heterocycles. The Bertz CT molecular complexity index is 635. The molecule has 0 radical (unpaired) electrons. The van der Waals surface area contributed by atoms with Gasteiger partial charge >= 0.3 is 0 Å². The second kappa shape index (κ2) is 8.22. The average Bonchev–Trinajstić information content (AvgIpc) is 2.95. The summed E-state index contributed by atoms with van der Waals surface area (Å²) in [5.41, 5.74) is 3.08. The molecule has 0 fully saturated rings. The summed E-state index contributed by atoms with van der Waals surface area (Å²) in [5, 5.41) is 14.9. The Hall–Kier alpha value is -1.72. The zero-order valence-corrected chi connectivity index (χ0v) is 14.7. The number of carbonyl (C=O) groups excluding carboxylic acids is 1. The molecule has 1 aromatic heterocycles. The van der Waals surface area contributed by atoms with E-state index >= 15 is 0 Å². The molecule has 0 aliphatic rings. The van der Waals surface area contributed by atoms with Gasteiger partial charge < -0.3 is 10.4 Å². The Balaban J connectivity index is 1.98. The van der Waals surface area contributed by atoms with Crippen LogP contribution in [0.2, 0.25) is 0 Å². The zero-order valence-electron chi connectivity index (χ0n) is 13.9. The van der Waals surface area contributed by atoms with Gasteiger partial charge in [-0.3, -0.25) is 4.79 Å². The lowest BCUT2D eigenvalue weighted by molar-refractivity contribution is -0.121. The van der Waals surface area contributed by atoms with Crippen molar-refractivity contribution in [3.05, 3.63) is 40.9 Å². The minimum absolute atomic E-state index is 0.00250. The number of amides is 1. The van der Waals surface area contributed by atoms with Crippen molar-refractivity contribution >= 4 is 17.2 Å². The molecule has 0 saturated heterocycles. The first kappa shape index (κ1) is 17.6. The summed E-state index contributed by atoms with van der Waals surface area (Å²) in [6, 6.07) is 8.22. The summed E-state index contributed by atoms with van der Waals surface area (Å²) >= 11 is 1.55. The predicted octanol–water partition coefficient (Wildman–Crippen LogP) is 3.18. The largest absolute Gasteiger partial charge is 0.396 e. The molecular formula is C18H24N2O2S. The van der Waals surface area contributed by atoms with E-state index < -0.39 is 0 Å². The molecule has 1 heterocycles. The van der Waals surface area contributed by atoms with E-state index in [1.54, 1.807) is 11.3 Å². The molecule has 1 atom stereocenters. The number of aromatic nitrogens is 1. The molecule has 1 aromatic carbocycles. The Morgan fingerprint density at radius 1 is 1.30 bits per heavy atom. The van der Waals surface area contributed by atoms with Crippen LogP contribution >= 0.6 is 11.3 Å². The van der Waals surface area contributed by atoms with Crippen LogP contribution in [0.15, 0.2) is 29.6 Å². The van der Waals surface area contributed by atoms with Crippen LogP contribution in [-0.2, 0) is 11.2 Å². The first-order valence-electron chi connectivity index (χ1n) is 7.91. The monoisotopic (exact) mass is 332 g/mol. The number of thiazole rings is 1. The van der Waals surface area contributed by atoms with E-state index in [0.717, 1.165) is 16.3 Å². The van der Waals surface area contributed by atoms with Crippen molar-refractivity contribution in [3.8, 4) is 10.6 Å². The van der Waals surface area contributed by atoms with Gasteiger partial charge in [0, 0.05) is 23.6 Å². The first-order valence-corrected chi connectivity index (χ1v) is 8.79. The zero-order chi connectivity index (χ0) is 16.8. The van der Waals surface area contributed by atoms with Gasteiger partial charge in [0.25, 0.3) is 0 Å². The maximum absolute atomic E-state index is 12.2. The van der Waals surface area contributed by atoms with Crippen LogP contribution in [0.4, 0.5) is 0 Å². The number of nitrogens with zero attached hydrogens (tertiary/aromatic N) is 1. The molecule has 0 bridgehead atoms. The molecule has 23 heavy (non-hydrogen) atoms. The van der Waals surface area contributed by atoms with Gasteiger partial charge in [0.05, 0.1) is 12.1 Å². The highest BCUT2D eigenvalue weighted by atomic mass is 32.1. The van der Waals surface area contributed by atoms with E-state index in [1.807, 2.05) is 31.4 Å². The molecule has 124 valence electrons. The molecule has 1 unspecified atom stereocenters. The molecule has 1 amide bonds. The summed E-state index contributed by atoms with van der Waals surface area (Å²) in [4.78, 5) is 16.7. The molecule has 0 saturated carbocycles. The van der Waals surface area contributed by atoms with Crippen LogP contribution in [0.1, 0.15) is 31.5 Å². The van der Waals surface area contributed by atoms with Crippen molar-refractivity contribution in [2.75, 3.05) is 6.61 Å². The average molecular weight is 332 g/mol. The van der Waals surface area contributed by atoms with E-state index in [2.05, 4.69) is 29.4 Å². The highest BCUT2D eigenvalue weighted by Gasteiger charge is 2.16. The van der Waals surface area contributed by atoms with Gasteiger partial charge in [-0.2, -0.15) is 0 Å². The van der Waals surface area contributed by atoms with E-state index in [1.165, 1.54) is 5.56 Å². The molecule has 2 N–H and O–H groups in total. The quantitative estimate of drug-likeness (QED) is 0.818. The Morgan fingerprint density at radius 2 is 2.00 bits per heavy atom. The van der Waals surface area contributed by atoms with Crippen LogP contribution in [0.3, 0.4) is 0 Å². The number of hydrogen-bond donors (Lipinski definition) is 2. The Labute approximate surface area is 141 Å². The summed E-state index contributed by atoms with van der Waals surface area (Å²) < 4.78 is 0. The SMILES string of the molecule is Cc1ccc(-c2nc(CC(=O)NC(CCO)C(C)C)cs2)cc1. The molecule has 2 aromatic rings.